The van der Waals surface area contributed by atoms with Gasteiger partial charge in [-0.25, -0.2) is 4.79 Å². The molecular formula is C22H28N4O4. The minimum atomic E-state index is -0.434. The molecule has 3 rings (SSSR count). The first kappa shape index (κ1) is 21.5. The van der Waals surface area contributed by atoms with Crippen LogP contribution in [0.25, 0.3) is 0 Å². The van der Waals surface area contributed by atoms with Gasteiger partial charge in [-0.1, -0.05) is 19.4 Å². The van der Waals surface area contributed by atoms with Crippen LogP contribution in [0.2, 0.25) is 0 Å². The molecule has 2 aromatic rings. The van der Waals surface area contributed by atoms with Crippen molar-refractivity contribution in [3.8, 4) is 0 Å². The first-order valence-corrected chi connectivity index (χ1v) is 10.2. The van der Waals surface area contributed by atoms with Crippen LogP contribution < -0.4 is 0 Å². The van der Waals surface area contributed by atoms with E-state index < -0.39 is 5.97 Å². The number of carbonyl (C=O) groups excluding carboxylic acids is 3. The fourth-order valence-electron chi connectivity index (χ4n) is 3.82. The highest BCUT2D eigenvalue weighted by molar-refractivity contribution is 6.00. The molecule has 0 radical (unpaired) electrons. The fourth-order valence-corrected chi connectivity index (χ4v) is 3.82. The quantitative estimate of drug-likeness (QED) is 0.732. The molecule has 3 heterocycles. The summed E-state index contributed by atoms with van der Waals surface area (Å²) in [6, 6.07) is 5.51. The number of methoxy groups -OCH3 is 1. The van der Waals surface area contributed by atoms with Crippen LogP contribution in [0.15, 0.2) is 24.4 Å². The second-order valence-corrected chi connectivity index (χ2v) is 7.39. The molecule has 1 saturated heterocycles. The largest absolute Gasteiger partial charge is 0.465 e. The second-order valence-electron chi connectivity index (χ2n) is 7.39. The number of ether oxygens (including phenoxy) is 1. The first-order valence-electron chi connectivity index (χ1n) is 10.2. The molecule has 0 atom stereocenters. The third-order valence-corrected chi connectivity index (χ3v) is 5.37. The van der Waals surface area contributed by atoms with E-state index in [1.165, 1.54) is 7.11 Å². The molecule has 0 unspecified atom stereocenters. The molecule has 0 aromatic carbocycles. The Balaban J connectivity index is 1.68. The van der Waals surface area contributed by atoms with E-state index in [1.807, 2.05) is 25.1 Å². The standard InChI is InChI=1S/C22H28N4O4/c1-4-7-17-19(22(29)30-3)15(2)24-20(17)21(28)26-12-10-25(11-13-26)18(27)14-16-8-5-6-9-23-16/h5-6,8-9,24H,4,7,10-14H2,1-3H3. The molecule has 2 amide bonds. The highest BCUT2D eigenvalue weighted by Gasteiger charge is 2.30. The Bertz CT molecular complexity index is 915. The summed E-state index contributed by atoms with van der Waals surface area (Å²) in [5, 5.41) is 0. The summed E-state index contributed by atoms with van der Waals surface area (Å²) < 4.78 is 4.90. The number of H-pyrrole nitrogens is 1. The number of nitrogens with zero attached hydrogens (tertiary/aromatic N) is 3. The number of rotatable bonds is 6. The maximum absolute atomic E-state index is 13.2. The third kappa shape index (κ3) is 4.53. The lowest BCUT2D eigenvalue weighted by atomic mass is 10.0. The molecule has 30 heavy (non-hydrogen) atoms. The zero-order valence-corrected chi connectivity index (χ0v) is 17.7. The number of aromatic amines is 1. The Kier molecular flexibility index (Phi) is 6.87. The lowest BCUT2D eigenvalue weighted by Gasteiger charge is -2.34. The number of nitrogens with one attached hydrogen (secondary N) is 1. The molecule has 0 bridgehead atoms. The minimum Gasteiger partial charge on any atom is -0.465 e. The second kappa shape index (κ2) is 9.56. The van der Waals surface area contributed by atoms with Gasteiger partial charge in [0.15, 0.2) is 0 Å². The van der Waals surface area contributed by atoms with Gasteiger partial charge in [-0.15, -0.1) is 0 Å². The van der Waals surface area contributed by atoms with Gasteiger partial charge in [0.05, 0.1) is 19.1 Å². The molecule has 8 heteroatoms. The highest BCUT2D eigenvalue weighted by atomic mass is 16.5. The third-order valence-electron chi connectivity index (χ3n) is 5.37. The molecule has 0 spiro atoms. The van der Waals surface area contributed by atoms with E-state index in [-0.39, 0.29) is 18.2 Å². The molecule has 0 saturated carbocycles. The molecule has 2 aromatic heterocycles. The number of aryl methyl sites for hydroxylation is 1. The van der Waals surface area contributed by atoms with Gasteiger partial charge < -0.3 is 19.5 Å². The van der Waals surface area contributed by atoms with Crippen LogP contribution in [0.1, 0.15) is 51.1 Å². The maximum Gasteiger partial charge on any atom is 0.339 e. The summed E-state index contributed by atoms with van der Waals surface area (Å²) in [5.41, 5.74) is 2.98. The van der Waals surface area contributed by atoms with Crippen molar-refractivity contribution in [3.05, 3.63) is 52.6 Å². The Hall–Kier alpha value is -3.16. The molecule has 1 N–H and O–H groups in total. The van der Waals surface area contributed by atoms with Crippen molar-refractivity contribution in [1.82, 2.24) is 19.8 Å². The zero-order chi connectivity index (χ0) is 21.7. The van der Waals surface area contributed by atoms with Crippen molar-refractivity contribution in [3.63, 3.8) is 0 Å². The van der Waals surface area contributed by atoms with E-state index in [1.54, 1.807) is 22.9 Å². The Morgan fingerprint density at radius 3 is 2.43 bits per heavy atom. The van der Waals surface area contributed by atoms with Crippen molar-refractivity contribution in [1.29, 1.82) is 0 Å². The van der Waals surface area contributed by atoms with Crippen molar-refractivity contribution in [2.45, 2.75) is 33.1 Å². The summed E-state index contributed by atoms with van der Waals surface area (Å²) in [6.07, 6.45) is 3.34. The van der Waals surface area contributed by atoms with Gasteiger partial charge >= 0.3 is 5.97 Å². The van der Waals surface area contributed by atoms with Gasteiger partial charge in [0, 0.05) is 43.8 Å². The molecule has 0 aliphatic carbocycles. The van der Waals surface area contributed by atoms with Gasteiger partial charge in [-0.05, 0) is 31.0 Å². The topological polar surface area (TPSA) is 95.6 Å². The zero-order valence-electron chi connectivity index (χ0n) is 17.7. The molecule has 160 valence electrons. The minimum absolute atomic E-state index is 0.0103. The van der Waals surface area contributed by atoms with Gasteiger partial charge in [0.2, 0.25) is 5.91 Å². The van der Waals surface area contributed by atoms with Crippen LogP contribution >= 0.6 is 0 Å². The SMILES string of the molecule is CCCc1c(C(=O)N2CCN(C(=O)Cc3ccccn3)CC2)[nH]c(C)c1C(=O)OC. The monoisotopic (exact) mass is 412 g/mol. The average Bonchev–Trinajstić information content (AvgIpc) is 3.09. The predicted octanol–water partition coefficient (Wildman–Crippen LogP) is 1.98. The van der Waals surface area contributed by atoms with Crippen LogP contribution in [0.3, 0.4) is 0 Å². The summed E-state index contributed by atoms with van der Waals surface area (Å²) >= 11 is 0. The van der Waals surface area contributed by atoms with Crippen molar-refractivity contribution in [2.75, 3.05) is 33.3 Å². The number of pyridine rings is 1. The van der Waals surface area contributed by atoms with E-state index in [4.69, 9.17) is 4.74 Å². The summed E-state index contributed by atoms with van der Waals surface area (Å²) in [6.45, 7) is 5.63. The fraction of sp³-hybridized carbons (Fsp3) is 0.455. The summed E-state index contributed by atoms with van der Waals surface area (Å²) in [5.74, 6) is -0.569. The van der Waals surface area contributed by atoms with Crippen LogP contribution in [-0.2, 0) is 22.4 Å². The van der Waals surface area contributed by atoms with E-state index >= 15 is 0 Å². The number of aromatic nitrogens is 2. The van der Waals surface area contributed by atoms with Crippen molar-refractivity contribution >= 4 is 17.8 Å². The molecule has 1 aliphatic heterocycles. The number of hydrogen-bond acceptors (Lipinski definition) is 5. The van der Waals surface area contributed by atoms with Crippen molar-refractivity contribution in [2.24, 2.45) is 0 Å². The number of carbonyl (C=O) groups is 3. The molecule has 8 nitrogen and oxygen atoms in total. The first-order chi connectivity index (χ1) is 14.5. The Labute approximate surface area is 176 Å². The van der Waals surface area contributed by atoms with Gasteiger partial charge in [0.1, 0.15) is 5.69 Å². The lowest BCUT2D eigenvalue weighted by Crippen LogP contribution is -2.51. The van der Waals surface area contributed by atoms with Crippen LogP contribution in [-0.4, -0.2) is 70.8 Å². The molecule has 1 aliphatic rings. The normalized spacial score (nSPS) is 14.0. The summed E-state index contributed by atoms with van der Waals surface area (Å²) in [4.78, 5) is 48.7. The predicted molar refractivity (Wildman–Crippen MR) is 111 cm³/mol. The maximum atomic E-state index is 13.2. The average molecular weight is 412 g/mol. The van der Waals surface area contributed by atoms with Gasteiger partial charge in [-0.3, -0.25) is 14.6 Å². The van der Waals surface area contributed by atoms with Crippen molar-refractivity contribution < 1.29 is 19.1 Å². The number of amides is 2. The van der Waals surface area contributed by atoms with Gasteiger partial charge in [-0.2, -0.15) is 0 Å². The van der Waals surface area contributed by atoms with Crippen LogP contribution in [0.4, 0.5) is 0 Å². The number of esters is 1. The summed E-state index contributed by atoms with van der Waals surface area (Å²) in [7, 11) is 1.34. The Morgan fingerprint density at radius 1 is 1.13 bits per heavy atom. The van der Waals surface area contributed by atoms with Gasteiger partial charge in [0.25, 0.3) is 5.91 Å². The number of hydrogen-bond donors (Lipinski definition) is 1. The van der Waals surface area contributed by atoms with E-state index in [9.17, 15) is 14.4 Å². The lowest BCUT2D eigenvalue weighted by molar-refractivity contribution is -0.132. The highest BCUT2D eigenvalue weighted by Crippen LogP contribution is 2.23. The Morgan fingerprint density at radius 2 is 1.83 bits per heavy atom. The van der Waals surface area contributed by atoms with E-state index in [2.05, 4.69) is 9.97 Å². The van der Waals surface area contributed by atoms with Crippen LogP contribution in [0.5, 0.6) is 0 Å². The van der Waals surface area contributed by atoms with E-state index in [0.717, 1.165) is 12.1 Å². The van der Waals surface area contributed by atoms with Crippen LogP contribution in [0, 0.1) is 6.92 Å². The molecular weight excluding hydrogens is 384 g/mol. The van der Waals surface area contributed by atoms with E-state index in [0.29, 0.717) is 55.1 Å². The number of piperazine rings is 1. The smallest absolute Gasteiger partial charge is 0.339 e. The molecule has 1 fully saturated rings.